The van der Waals surface area contributed by atoms with Crippen LogP contribution in [0.3, 0.4) is 0 Å². The lowest BCUT2D eigenvalue weighted by Gasteiger charge is -2.48. The number of carboxylic acids is 1. The number of esters is 1. The second kappa shape index (κ2) is 18.0. The average molecular weight is 904 g/mol. The number of aliphatic hydroxyl groups is 6. The highest BCUT2D eigenvalue weighted by molar-refractivity contribution is 5.90. The highest BCUT2D eigenvalue weighted by atomic mass is 16.7. The maximum absolute atomic E-state index is 12.5. The van der Waals surface area contributed by atoms with Crippen molar-refractivity contribution in [1.29, 1.82) is 0 Å². The van der Waals surface area contributed by atoms with Gasteiger partial charge in [-0.3, -0.25) is 19.5 Å². The molecule has 1 unspecified atom stereocenters. The van der Waals surface area contributed by atoms with Crippen molar-refractivity contribution in [3.8, 4) is 28.7 Å². The maximum Gasteiger partial charge on any atom is 0.317 e. The Hall–Kier alpha value is -5.65. The third-order valence-electron chi connectivity index (χ3n) is 12.9. The molecule has 65 heavy (non-hydrogen) atoms. The zero-order chi connectivity index (χ0) is 45.7. The average Bonchev–Trinajstić information content (AvgIpc) is 3.96. The predicted octanol–water partition coefficient (Wildman–Crippen LogP) is -1.65. The minimum Gasteiger partial charge on any atom is -0.489 e. The molecule has 6 heterocycles. The van der Waals surface area contributed by atoms with Gasteiger partial charge in [0.2, 0.25) is 12.0 Å². The van der Waals surface area contributed by atoms with Crippen molar-refractivity contribution < 1.29 is 83.4 Å². The van der Waals surface area contributed by atoms with Crippen molar-refractivity contribution in [1.82, 2.24) is 0 Å². The number of aliphatic hydroxyl groups excluding tert-OH is 5. The largest absolute Gasteiger partial charge is 0.489 e. The highest BCUT2D eigenvalue weighted by Gasteiger charge is 2.60. The number of aliphatic imine (C=N–C) groups is 1. The van der Waals surface area contributed by atoms with Crippen LogP contribution in [0.2, 0.25) is 0 Å². The number of nitrogens with zero attached hydrogens (tertiary/aromatic N) is 1. The summed E-state index contributed by atoms with van der Waals surface area (Å²) in [6.07, 6.45) is -9.11. The quantitative estimate of drug-likeness (QED) is 0.0464. The Morgan fingerprint density at radius 3 is 2.54 bits per heavy atom. The van der Waals surface area contributed by atoms with Crippen LogP contribution in [0.4, 0.5) is 0 Å². The van der Waals surface area contributed by atoms with Gasteiger partial charge < -0.3 is 80.4 Å². The molecular formula is C45H51N4O16+. The number of benzene rings is 3. The Kier molecular flexibility index (Phi) is 12.3. The third-order valence-corrected chi connectivity index (χ3v) is 12.9. The Bertz CT molecular complexity index is 2430. The van der Waals surface area contributed by atoms with Crippen LogP contribution in [0.5, 0.6) is 28.7 Å². The molecule has 3 aromatic carbocycles. The van der Waals surface area contributed by atoms with Crippen molar-refractivity contribution >= 4 is 18.2 Å². The van der Waals surface area contributed by atoms with Gasteiger partial charge in [0.05, 0.1) is 18.7 Å². The van der Waals surface area contributed by atoms with Crippen molar-refractivity contribution in [2.75, 3.05) is 33.2 Å². The first-order valence-electron chi connectivity index (χ1n) is 21.3. The zero-order valence-corrected chi connectivity index (χ0v) is 34.9. The number of carboxylic acid groups (broad SMARTS) is 1. The molecule has 346 valence electrons. The van der Waals surface area contributed by atoms with Crippen molar-refractivity contribution in [3.63, 3.8) is 0 Å². The van der Waals surface area contributed by atoms with E-state index in [9.17, 15) is 45.3 Å². The van der Waals surface area contributed by atoms with E-state index in [4.69, 9.17) is 44.6 Å². The van der Waals surface area contributed by atoms with Gasteiger partial charge in [-0.2, -0.15) is 0 Å². The minimum absolute atomic E-state index is 0.0481. The van der Waals surface area contributed by atoms with Crippen LogP contribution >= 0.6 is 0 Å². The van der Waals surface area contributed by atoms with E-state index in [2.05, 4.69) is 4.99 Å². The second-order valence-corrected chi connectivity index (χ2v) is 16.8. The molecule has 6 aliphatic heterocycles. The van der Waals surface area contributed by atoms with Gasteiger partial charge in [0.1, 0.15) is 80.4 Å². The van der Waals surface area contributed by atoms with Gasteiger partial charge in [-0.1, -0.05) is 36.4 Å². The number of carbonyl (C=O) groups excluding carboxylic acids is 1. The number of carbonyl (C=O) groups is 2. The first-order valence-corrected chi connectivity index (χ1v) is 21.3. The summed E-state index contributed by atoms with van der Waals surface area (Å²) in [5.74, 6) is -1.93. The lowest BCUT2D eigenvalue weighted by molar-refractivity contribution is -0.867. The van der Waals surface area contributed by atoms with Gasteiger partial charge in [0.25, 0.3) is 0 Å². The summed E-state index contributed by atoms with van der Waals surface area (Å²) in [5.41, 5.74) is 15.5. The summed E-state index contributed by atoms with van der Waals surface area (Å²) in [4.78, 5) is 29.2. The molecule has 20 nitrogen and oxygen atoms in total. The van der Waals surface area contributed by atoms with E-state index < -0.39 is 85.8 Å². The Morgan fingerprint density at radius 2 is 1.82 bits per heavy atom. The summed E-state index contributed by atoms with van der Waals surface area (Å²) < 4.78 is 43.6. The molecule has 1 fully saturated rings. The fourth-order valence-corrected chi connectivity index (χ4v) is 9.99. The van der Waals surface area contributed by atoms with E-state index in [1.54, 1.807) is 18.3 Å². The highest BCUT2D eigenvalue weighted by Crippen LogP contribution is 2.60. The number of rotatable bonds is 15. The van der Waals surface area contributed by atoms with Crippen LogP contribution < -0.4 is 40.1 Å². The summed E-state index contributed by atoms with van der Waals surface area (Å²) in [6.45, 7) is -0.653. The number of hydrogen-bond acceptors (Lipinski definition) is 18. The number of ether oxygens (including phenoxy) is 7. The molecule has 1 saturated heterocycles. The van der Waals surface area contributed by atoms with Crippen molar-refractivity contribution in [2.24, 2.45) is 16.5 Å². The van der Waals surface area contributed by atoms with E-state index in [0.717, 1.165) is 21.6 Å². The van der Waals surface area contributed by atoms with Crippen LogP contribution in [0.15, 0.2) is 76.6 Å². The van der Waals surface area contributed by atoms with Gasteiger partial charge in [-0.15, -0.1) is 0 Å². The van der Waals surface area contributed by atoms with Crippen molar-refractivity contribution in [2.45, 2.75) is 92.8 Å². The summed E-state index contributed by atoms with van der Waals surface area (Å²) in [6, 6.07) is 14.9. The third kappa shape index (κ3) is 7.98. The van der Waals surface area contributed by atoms with Gasteiger partial charge in [0.15, 0.2) is 35.7 Å². The molecule has 0 aliphatic carbocycles. The predicted molar refractivity (Wildman–Crippen MR) is 223 cm³/mol. The molecule has 10 atom stereocenters. The molecule has 6 aliphatic rings. The van der Waals surface area contributed by atoms with E-state index >= 15 is 0 Å². The van der Waals surface area contributed by atoms with E-state index in [-0.39, 0.29) is 56.5 Å². The number of allylic oxidation sites excluding steroid dienone is 1. The molecule has 20 heteroatoms. The number of hydrogen-bond donors (Lipinski definition) is 10. The number of quaternary nitrogens is 1. The molecule has 0 amide bonds. The first-order chi connectivity index (χ1) is 31.3. The number of aliphatic carboxylic acids is 1. The van der Waals surface area contributed by atoms with Gasteiger partial charge in [-0.25, -0.2) is 0 Å². The summed E-state index contributed by atoms with van der Waals surface area (Å²) in [7, 11) is 0. The van der Waals surface area contributed by atoms with Crippen LogP contribution in [0, 0.1) is 0 Å². The molecule has 9 rings (SSSR count). The van der Waals surface area contributed by atoms with Gasteiger partial charge in [0, 0.05) is 46.5 Å². The fraction of sp³-hybridized carbons (Fsp3) is 0.444. The van der Waals surface area contributed by atoms with E-state index in [0.29, 0.717) is 52.5 Å². The molecule has 0 radical (unpaired) electrons. The van der Waals surface area contributed by atoms with Crippen molar-refractivity contribution in [3.05, 3.63) is 99.4 Å². The topological polar surface area (TPSA) is 309 Å². The monoisotopic (exact) mass is 903 g/mol. The standard InChI is InChI=1S/C45H50N4O16/c46-43(47)41(63-32(55)16-31(53)54)40-36(56)42(57)45(58)10-8-23-25(18-49-17-22-9-11-48-35(22)26(49)19-51)34-30(15-28(23)62-44(45)65-40)61-29(14-21-4-2-1-3-5-21)33-24-6-7-27(60-20-52)38(59-13-12-50)37(24)64-39(33)34/h1-7,9,11,15,29,33,36,39-44,50-52,56-58H,8,10,12-14,16-20,46-47H2,(H,53,54)/p+1/t29-,33+,36+,39+,40-,41+,42-,44+,45+/m0/s1. The number of fused-ring (bicyclic) bond motifs is 8. The van der Waals surface area contributed by atoms with Crippen LogP contribution in [0.1, 0.15) is 52.7 Å². The molecule has 0 spiro atoms. The van der Waals surface area contributed by atoms with Gasteiger partial charge >= 0.3 is 11.9 Å². The Balaban J connectivity index is 1.18. The smallest absolute Gasteiger partial charge is 0.317 e. The summed E-state index contributed by atoms with van der Waals surface area (Å²) in [5, 5.41) is 74.9. The normalized spacial score (nSPS) is 28.5. The number of nitrogens with one attached hydrogen (secondary N) is 1. The van der Waals surface area contributed by atoms with E-state index in [1.807, 2.05) is 42.5 Å². The molecule has 0 saturated carbocycles. The molecular weight excluding hydrogens is 853 g/mol. The molecule has 3 aromatic rings. The van der Waals surface area contributed by atoms with Crippen LogP contribution in [-0.2, 0) is 38.4 Å². The molecule has 0 aromatic heterocycles. The van der Waals surface area contributed by atoms with Gasteiger partial charge in [-0.05, 0) is 30.5 Å². The Labute approximate surface area is 371 Å². The lowest BCUT2D eigenvalue weighted by Crippen LogP contribution is -3.08. The second-order valence-electron chi connectivity index (χ2n) is 16.8. The minimum atomic E-state index is -2.28. The Morgan fingerprint density at radius 1 is 1.02 bits per heavy atom. The zero-order valence-electron chi connectivity index (χ0n) is 34.9. The summed E-state index contributed by atoms with van der Waals surface area (Å²) >= 11 is 0. The lowest BCUT2D eigenvalue weighted by atomic mass is 9.78. The molecule has 0 bridgehead atoms. The maximum atomic E-state index is 12.5. The first kappa shape index (κ1) is 44.5. The van der Waals surface area contributed by atoms with Crippen LogP contribution in [0.25, 0.3) is 0 Å². The fourth-order valence-electron chi connectivity index (χ4n) is 9.99. The number of nitrogens with two attached hydrogens (primary N) is 2. The van der Waals surface area contributed by atoms with E-state index in [1.165, 1.54) is 0 Å². The SMILES string of the molecule is NC(N)[C@H](OC(=O)CC(=O)O)[C@H]1O[C@H]2Oc3cc4c(c(C[NH+]5CC6=CC=NC6=C5CO)c3CC[C@@]2(O)[C@@H](O)[C@@H]1O)[C@@H]1Oc2c(ccc(OCO)c2OCCO)[C@@H]1[C@H](Cc1ccccc1)O4. The molecule has 12 N–H and O–H groups in total. The van der Waals surface area contributed by atoms with Crippen LogP contribution in [-0.4, -0.2) is 136 Å².